The summed E-state index contributed by atoms with van der Waals surface area (Å²) in [5.41, 5.74) is 8.16. The molecule has 0 N–H and O–H groups in total. The molecule has 6 heteroatoms. The second kappa shape index (κ2) is 14.0. The first-order valence-electron chi connectivity index (χ1n) is 21.3. The summed E-state index contributed by atoms with van der Waals surface area (Å²) in [6.07, 6.45) is 0. The zero-order chi connectivity index (χ0) is 41.4. The molecule has 0 unspecified atom stereocenters. The molecule has 0 aliphatic heterocycles. The third-order valence-corrected chi connectivity index (χ3v) is 12.5. The predicted molar refractivity (Wildman–Crippen MR) is 261 cm³/mol. The summed E-state index contributed by atoms with van der Waals surface area (Å²) in [6, 6.07) is 77.5. The van der Waals surface area contributed by atoms with E-state index in [0.29, 0.717) is 17.7 Å². The van der Waals surface area contributed by atoms with Crippen LogP contribution in [0.4, 0.5) is 0 Å². The molecule has 0 fully saturated rings. The van der Waals surface area contributed by atoms with E-state index < -0.39 is 0 Å². The number of hydrogen-bond acceptors (Lipinski definition) is 3. The number of fused-ring (bicyclic) bond motifs is 13. The lowest BCUT2D eigenvalue weighted by molar-refractivity contribution is 0.891. The minimum Gasteiger partial charge on any atom is -0.309 e. The number of para-hydroxylation sites is 6. The average Bonchev–Trinajstić information content (AvgIpc) is 3.88. The highest BCUT2D eigenvalue weighted by molar-refractivity contribution is 6.19. The highest BCUT2D eigenvalue weighted by Gasteiger charge is 2.20. The molecule has 0 bridgehead atoms. The van der Waals surface area contributed by atoms with E-state index in [4.69, 9.17) is 15.0 Å². The average molecular weight is 805 g/mol. The molecule has 9 aromatic carbocycles. The summed E-state index contributed by atoms with van der Waals surface area (Å²) in [7, 11) is 0. The largest absolute Gasteiger partial charge is 0.309 e. The Hall–Kier alpha value is -8.61. The van der Waals surface area contributed by atoms with Gasteiger partial charge in [-0.05, 0) is 70.1 Å². The summed E-state index contributed by atoms with van der Waals surface area (Å²) in [6.45, 7) is 0. The van der Waals surface area contributed by atoms with Gasteiger partial charge in [-0.25, -0.2) is 0 Å². The third-order valence-electron chi connectivity index (χ3n) is 12.5. The SMILES string of the molecule is c1cc(-c2nc(-n3c4ccccc4c4ccccc4c4ccccc4c4ccccc43)nc(-n3c4ccccc4c4ccccc43)n2)cc(-n2c3ccccc3c3ccccc32)c1. The molecule has 0 radical (unpaired) electrons. The molecule has 4 aromatic heterocycles. The van der Waals surface area contributed by atoms with E-state index in [1.54, 1.807) is 0 Å². The van der Waals surface area contributed by atoms with Crippen LogP contribution >= 0.6 is 0 Å². The first-order valence-corrected chi connectivity index (χ1v) is 21.3. The van der Waals surface area contributed by atoms with Crippen molar-refractivity contribution in [1.82, 2.24) is 28.7 Å². The smallest absolute Gasteiger partial charge is 0.240 e. The Morgan fingerprint density at radius 3 is 0.889 bits per heavy atom. The lowest BCUT2D eigenvalue weighted by Gasteiger charge is -2.16. The summed E-state index contributed by atoms with van der Waals surface area (Å²) < 4.78 is 6.77. The molecule has 13 aromatic rings. The van der Waals surface area contributed by atoms with Crippen LogP contribution in [0.3, 0.4) is 0 Å². The van der Waals surface area contributed by atoms with Gasteiger partial charge in [0, 0.05) is 43.6 Å². The molecule has 0 saturated heterocycles. The standard InChI is InChI=1S/C57H36N6/c1-3-22-41-39(20-1)40-21-2-4-23-42(40)44-25-6-14-33-52(44)62(51-32-13-5-24-43(41)51)56-58-55(59-57(60-56)63-53-34-15-9-28-47(53)48-29-10-16-35-54(48)63)37-18-17-19-38(36-37)61-49-30-11-7-26-45(49)46-27-8-12-31-50(46)61/h1-36H. The van der Waals surface area contributed by atoms with E-state index in [1.165, 1.54) is 21.5 Å². The molecule has 0 aliphatic carbocycles. The minimum absolute atomic E-state index is 0.510. The summed E-state index contributed by atoms with van der Waals surface area (Å²) in [5.74, 6) is 1.61. The van der Waals surface area contributed by atoms with Gasteiger partial charge in [-0.2, -0.15) is 15.0 Å². The second-order valence-electron chi connectivity index (χ2n) is 16.0. The Balaban J connectivity index is 1.19. The number of benzene rings is 9. The monoisotopic (exact) mass is 804 g/mol. The fourth-order valence-electron chi connectivity index (χ4n) is 9.85. The van der Waals surface area contributed by atoms with Gasteiger partial charge < -0.3 is 4.57 Å². The van der Waals surface area contributed by atoms with Gasteiger partial charge in [0.1, 0.15) is 0 Å². The second-order valence-corrected chi connectivity index (χ2v) is 16.0. The van der Waals surface area contributed by atoms with Crippen molar-refractivity contribution in [2.75, 3.05) is 0 Å². The summed E-state index contributed by atoms with van der Waals surface area (Å²) >= 11 is 0. The van der Waals surface area contributed by atoms with Gasteiger partial charge in [0.25, 0.3) is 0 Å². The van der Waals surface area contributed by atoms with Gasteiger partial charge in [-0.3, -0.25) is 9.13 Å². The van der Waals surface area contributed by atoms with Crippen LogP contribution in [0.2, 0.25) is 0 Å². The maximum absolute atomic E-state index is 5.55. The molecular formula is C57H36N6. The zero-order valence-corrected chi connectivity index (χ0v) is 34.0. The van der Waals surface area contributed by atoms with E-state index in [9.17, 15) is 0 Å². The molecule has 6 nitrogen and oxygen atoms in total. The molecule has 4 heterocycles. The molecule has 0 amide bonds. The van der Waals surface area contributed by atoms with Gasteiger partial charge in [0.2, 0.25) is 11.9 Å². The van der Waals surface area contributed by atoms with Crippen molar-refractivity contribution in [1.29, 1.82) is 0 Å². The van der Waals surface area contributed by atoms with Crippen LogP contribution in [-0.4, -0.2) is 28.7 Å². The summed E-state index contributed by atoms with van der Waals surface area (Å²) in [4.78, 5) is 16.5. The molecular weight excluding hydrogens is 769 g/mol. The first kappa shape index (κ1) is 35.2. The van der Waals surface area contributed by atoms with E-state index in [-0.39, 0.29) is 0 Å². The van der Waals surface area contributed by atoms with Crippen LogP contribution in [0.15, 0.2) is 218 Å². The molecule has 13 rings (SSSR count). The van der Waals surface area contributed by atoms with Crippen molar-refractivity contribution in [3.8, 4) is 29.0 Å². The Labute approximate surface area is 361 Å². The van der Waals surface area contributed by atoms with Crippen LogP contribution < -0.4 is 0 Å². The van der Waals surface area contributed by atoms with Crippen LogP contribution in [0.5, 0.6) is 0 Å². The highest BCUT2D eigenvalue weighted by Crippen LogP contribution is 2.37. The molecule has 0 aliphatic rings. The number of aromatic nitrogens is 6. The zero-order valence-electron chi connectivity index (χ0n) is 34.0. The third kappa shape index (κ3) is 5.41. The van der Waals surface area contributed by atoms with E-state index in [1.807, 2.05) is 0 Å². The fraction of sp³-hybridized carbons (Fsp3) is 0. The van der Waals surface area contributed by atoms with Crippen molar-refractivity contribution in [2.45, 2.75) is 0 Å². The molecule has 0 atom stereocenters. The van der Waals surface area contributed by atoms with Crippen LogP contribution in [0, 0.1) is 0 Å². The van der Waals surface area contributed by atoms with Gasteiger partial charge >= 0.3 is 0 Å². The lowest BCUT2D eigenvalue weighted by Crippen LogP contribution is -2.11. The van der Waals surface area contributed by atoms with Crippen LogP contribution in [-0.2, 0) is 0 Å². The number of nitrogens with zero attached hydrogens (tertiary/aromatic N) is 6. The summed E-state index contributed by atoms with van der Waals surface area (Å²) in [5, 5.41) is 11.5. The van der Waals surface area contributed by atoms with Crippen LogP contribution in [0.25, 0.3) is 116 Å². The predicted octanol–water partition coefficient (Wildman–Crippen LogP) is 14.3. The van der Waals surface area contributed by atoms with Crippen molar-refractivity contribution in [3.63, 3.8) is 0 Å². The normalized spacial score (nSPS) is 11.8. The van der Waals surface area contributed by atoms with Crippen molar-refractivity contribution in [2.24, 2.45) is 0 Å². The van der Waals surface area contributed by atoms with E-state index >= 15 is 0 Å². The minimum atomic E-state index is 0.510. The number of hydrogen-bond donors (Lipinski definition) is 0. The lowest BCUT2D eigenvalue weighted by atomic mass is 10.0. The maximum atomic E-state index is 5.55. The maximum Gasteiger partial charge on any atom is 0.240 e. The molecule has 63 heavy (non-hydrogen) atoms. The topological polar surface area (TPSA) is 53.5 Å². The Morgan fingerprint density at radius 1 is 0.238 bits per heavy atom. The van der Waals surface area contributed by atoms with Crippen molar-refractivity contribution < 1.29 is 0 Å². The highest BCUT2D eigenvalue weighted by atomic mass is 15.3. The van der Waals surface area contributed by atoms with E-state index in [0.717, 1.165) is 76.7 Å². The Bertz CT molecular complexity index is 3850. The fourth-order valence-corrected chi connectivity index (χ4v) is 9.85. The molecule has 0 spiro atoms. The number of rotatable bonds is 4. The molecule has 294 valence electrons. The Morgan fingerprint density at radius 2 is 0.524 bits per heavy atom. The van der Waals surface area contributed by atoms with Gasteiger partial charge in [0.05, 0.1) is 33.1 Å². The van der Waals surface area contributed by atoms with Gasteiger partial charge in [-0.1, -0.05) is 170 Å². The quantitative estimate of drug-likeness (QED) is 0.178. The molecule has 0 saturated carbocycles. The first-order chi connectivity index (χ1) is 31.3. The van der Waals surface area contributed by atoms with Crippen LogP contribution in [0.1, 0.15) is 0 Å². The van der Waals surface area contributed by atoms with Crippen molar-refractivity contribution >= 4 is 87.0 Å². The van der Waals surface area contributed by atoms with Gasteiger partial charge in [-0.15, -0.1) is 0 Å². The van der Waals surface area contributed by atoms with Gasteiger partial charge in [0.15, 0.2) is 5.82 Å². The van der Waals surface area contributed by atoms with E-state index in [2.05, 4.69) is 232 Å². The van der Waals surface area contributed by atoms with Crippen molar-refractivity contribution in [3.05, 3.63) is 218 Å². The Kier molecular flexibility index (Phi) is 7.80.